The molecule has 0 spiro atoms. The van der Waals surface area contributed by atoms with Crippen LogP contribution in [-0.2, 0) is 11.3 Å². The lowest BCUT2D eigenvalue weighted by Gasteiger charge is -2.04. The second kappa shape index (κ2) is 13.6. The SMILES string of the molecule is CCCCCCCCCCCCCOCc1cc(=O)cco1. The van der Waals surface area contributed by atoms with E-state index in [-0.39, 0.29) is 5.43 Å². The second-order valence-corrected chi connectivity index (χ2v) is 6.02. The molecule has 0 N–H and O–H groups in total. The highest BCUT2D eigenvalue weighted by atomic mass is 16.5. The number of unbranched alkanes of at least 4 members (excludes halogenated alkanes) is 10. The van der Waals surface area contributed by atoms with Crippen LogP contribution in [0.15, 0.2) is 27.6 Å². The van der Waals surface area contributed by atoms with E-state index in [4.69, 9.17) is 9.15 Å². The van der Waals surface area contributed by atoms with Gasteiger partial charge in [-0.15, -0.1) is 0 Å². The summed E-state index contributed by atoms with van der Waals surface area (Å²) in [6.45, 7) is 3.41. The Labute approximate surface area is 135 Å². The van der Waals surface area contributed by atoms with E-state index in [1.54, 1.807) is 0 Å². The Kier molecular flexibility index (Phi) is 11.7. The molecule has 22 heavy (non-hydrogen) atoms. The zero-order chi connectivity index (χ0) is 15.9. The predicted octanol–water partition coefficient (Wildman–Crippen LogP) is 5.47. The topological polar surface area (TPSA) is 39.4 Å². The van der Waals surface area contributed by atoms with E-state index in [9.17, 15) is 4.79 Å². The van der Waals surface area contributed by atoms with Crippen LogP contribution < -0.4 is 5.43 Å². The fourth-order valence-electron chi connectivity index (χ4n) is 2.55. The predicted molar refractivity (Wildman–Crippen MR) is 91.1 cm³/mol. The monoisotopic (exact) mass is 308 g/mol. The van der Waals surface area contributed by atoms with E-state index in [2.05, 4.69) is 6.92 Å². The van der Waals surface area contributed by atoms with Crippen molar-refractivity contribution in [2.75, 3.05) is 6.61 Å². The molecule has 126 valence electrons. The molecule has 0 aliphatic carbocycles. The molecule has 0 bridgehead atoms. The molecule has 0 amide bonds. The van der Waals surface area contributed by atoms with Gasteiger partial charge in [-0.2, -0.15) is 0 Å². The maximum absolute atomic E-state index is 11.1. The molecule has 1 rings (SSSR count). The lowest BCUT2D eigenvalue weighted by Crippen LogP contribution is -2.01. The molecule has 1 heterocycles. The van der Waals surface area contributed by atoms with Crippen LogP contribution in [0.3, 0.4) is 0 Å². The minimum atomic E-state index is -0.0282. The number of hydrogen-bond donors (Lipinski definition) is 0. The van der Waals surface area contributed by atoms with E-state index in [1.165, 1.54) is 82.6 Å². The summed E-state index contributed by atoms with van der Waals surface area (Å²) in [5.41, 5.74) is -0.0282. The van der Waals surface area contributed by atoms with Gasteiger partial charge in [-0.1, -0.05) is 71.1 Å². The number of hydrogen-bond acceptors (Lipinski definition) is 3. The fraction of sp³-hybridized carbons (Fsp3) is 0.737. The Balaban J connectivity index is 1.81. The molecule has 3 nitrogen and oxygen atoms in total. The summed E-state index contributed by atoms with van der Waals surface area (Å²) in [5, 5.41) is 0. The van der Waals surface area contributed by atoms with Crippen LogP contribution in [0.4, 0.5) is 0 Å². The summed E-state index contributed by atoms with van der Waals surface area (Å²) in [6, 6.07) is 2.90. The first kappa shape index (κ1) is 19.0. The molecule has 0 saturated heterocycles. The highest BCUT2D eigenvalue weighted by Crippen LogP contribution is 2.11. The van der Waals surface area contributed by atoms with Gasteiger partial charge in [0.15, 0.2) is 5.43 Å². The molecule has 0 atom stereocenters. The van der Waals surface area contributed by atoms with Gasteiger partial charge in [0.2, 0.25) is 0 Å². The average Bonchev–Trinajstić information content (AvgIpc) is 2.52. The molecule has 0 saturated carbocycles. The third kappa shape index (κ3) is 10.6. The number of ether oxygens (including phenoxy) is 1. The largest absolute Gasteiger partial charge is 0.467 e. The van der Waals surface area contributed by atoms with Gasteiger partial charge in [-0.25, -0.2) is 0 Å². The van der Waals surface area contributed by atoms with E-state index < -0.39 is 0 Å². The van der Waals surface area contributed by atoms with Crippen LogP contribution in [0.5, 0.6) is 0 Å². The minimum Gasteiger partial charge on any atom is -0.467 e. The zero-order valence-electron chi connectivity index (χ0n) is 14.1. The Morgan fingerprint density at radius 1 is 0.909 bits per heavy atom. The van der Waals surface area contributed by atoms with Gasteiger partial charge in [0.25, 0.3) is 0 Å². The Hall–Kier alpha value is -1.09. The van der Waals surface area contributed by atoms with Gasteiger partial charge in [0.1, 0.15) is 12.4 Å². The summed E-state index contributed by atoms with van der Waals surface area (Å²) in [5.74, 6) is 0.607. The standard InChI is InChI=1S/C19H32O3/c1-2-3-4-5-6-7-8-9-10-11-12-14-21-17-19-16-18(20)13-15-22-19/h13,15-16H,2-12,14,17H2,1H3. The van der Waals surface area contributed by atoms with Crippen LogP contribution in [0, 0.1) is 0 Å². The van der Waals surface area contributed by atoms with Gasteiger partial charge < -0.3 is 9.15 Å². The maximum Gasteiger partial charge on any atom is 0.185 e. The van der Waals surface area contributed by atoms with Crippen molar-refractivity contribution in [3.8, 4) is 0 Å². The molecule has 3 heteroatoms. The maximum atomic E-state index is 11.1. The van der Waals surface area contributed by atoms with E-state index in [1.807, 2.05) is 0 Å². The Morgan fingerprint density at radius 3 is 2.09 bits per heavy atom. The first-order chi connectivity index (χ1) is 10.8. The molecule has 0 aromatic carbocycles. The van der Waals surface area contributed by atoms with Crippen molar-refractivity contribution in [3.63, 3.8) is 0 Å². The lowest BCUT2D eigenvalue weighted by molar-refractivity contribution is 0.101. The van der Waals surface area contributed by atoms with Gasteiger partial charge >= 0.3 is 0 Å². The molecular formula is C19H32O3. The van der Waals surface area contributed by atoms with Crippen LogP contribution in [0.1, 0.15) is 83.3 Å². The van der Waals surface area contributed by atoms with Crippen molar-refractivity contribution in [2.45, 2.75) is 84.2 Å². The smallest absolute Gasteiger partial charge is 0.185 e. The van der Waals surface area contributed by atoms with Crippen LogP contribution >= 0.6 is 0 Å². The third-order valence-electron chi connectivity index (χ3n) is 3.89. The van der Waals surface area contributed by atoms with Crippen LogP contribution in [0.2, 0.25) is 0 Å². The molecule has 0 aliphatic rings. The van der Waals surface area contributed by atoms with Gasteiger partial charge in [-0.05, 0) is 6.42 Å². The summed E-state index contributed by atoms with van der Waals surface area (Å²) in [6.07, 6.45) is 16.1. The van der Waals surface area contributed by atoms with Crippen molar-refractivity contribution < 1.29 is 9.15 Å². The summed E-state index contributed by atoms with van der Waals surface area (Å²) in [4.78, 5) is 11.1. The minimum absolute atomic E-state index is 0.0282. The van der Waals surface area contributed by atoms with Gasteiger partial charge in [-0.3, -0.25) is 4.79 Å². The van der Waals surface area contributed by atoms with Crippen molar-refractivity contribution >= 4 is 0 Å². The van der Waals surface area contributed by atoms with Crippen molar-refractivity contribution in [1.82, 2.24) is 0 Å². The highest BCUT2D eigenvalue weighted by molar-refractivity contribution is 4.98. The fourth-order valence-corrected chi connectivity index (χ4v) is 2.55. The first-order valence-electron chi connectivity index (χ1n) is 8.98. The second-order valence-electron chi connectivity index (χ2n) is 6.02. The third-order valence-corrected chi connectivity index (χ3v) is 3.89. The van der Waals surface area contributed by atoms with Crippen molar-refractivity contribution in [2.24, 2.45) is 0 Å². The molecule has 0 fully saturated rings. The van der Waals surface area contributed by atoms with E-state index in [0.29, 0.717) is 12.4 Å². The van der Waals surface area contributed by atoms with E-state index >= 15 is 0 Å². The number of rotatable bonds is 14. The lowest BCUT2D eigenvalue weighted by atomic mass is 10.1. The summed E-state index contributed by atoms with van der Waals surface area (Å²) >= 11 is 0. The highest BCUT2D eigenvalue weighted by Gasteiger charge is 1.97. The van der Waals surface area contributed by atoms with E-state index in [0.717, 1.165) is 13.0 Å². The van der Waals surface area contributed by atoms with Crippen molar-refractivity contribution in [3.05, 3.63) is 34.4 Å². The van der Waals surface area contributed by atoms with Gasteiger partial charge in [0, 0.05) is 18.7 Å². The molecule has 1 aromatic rings. The van der Waals surface area contributed by atoms with Crippen LogP contribution in [0.25, 0.3) is 0 Å². The molecule has 0 unspecified atom stereocenters. The van der Waals surface area contributed by atoms with Gasteiger partial charge in [0.05, 0.1) is 6.26 Å². The summed E-state index contributed by atoms with van der Waals surface area (Å²) in [7, 11) is 0. The Morgan fingerprint density at radius 2 is 1.50 bits per heavy atom. The molecule has 0 radical (unpaired) electrons. The molecule has 1 aromatic heterocycles. The molecular weight excluding hydrogens is 276 g/mol. The molecule has 0 aliphatic heterocycles. The zero-order valence-corrected chi connectivity index (χ0v) is 14.1. The quantitative estimate of drug-likeness (QED) is 0.428. The Bertz CT molecular complexity index is 411. The van der Waals surface area contributed by atoms with Crippen molar-refractivity contribution in [1.29, 1.82) is 0 Å². The summed E-state index contributed by atoms with van der Waals surface area (Å²) < 4.78 is 10.7. The normalized spacial score (nSPS) is 11.0. The van der Waals surface area contributed by atoms with Crippen LogP contribution in [-0.4, -0.2) is 6.61 Å². The first-order valence-corrected chi connectivity index (χ1v) is 8.98. The average molecular weight is 308 g/mol.